The van der Waals surface area contributed by atoms with Gasteiger partial charge in [-0.15, -0.1) is 0 Å². The van der Waals surface area contributed by atoms with Crippen LogP contribution in [0, 0.1) is 0 Å². The largest absolute Gasteiger partial charge is 0.354 e. The maximum atomic E-state index is 5.95. The zero-order valence-electron chi connectivity index (χ0n) is 10.2. The lowest BCUT2D eigenvalue weighted by Crippen LogP contribution is -2.39. The first-order valence-electron chi connectivity index (χ1n) is 5.31. The lowest BCUT2D eigenvalue weighted by Gasteiger charge is -2.22. The first-order valence-corrected chi connectivity index (χ1v) is 6.48. The predicted molar refractivity (Wildman–Crippen MR) is 73.3 cm³/mol. The van der Waals surface area contributed by atoms with E-state index in [-0.39, 0.29) is 12.3 Å². The number of nitrogens with one attached hydrogen (secondary N) is 1. The van der Waals surface area contributed by atoms with Gasteiger partial charge in [0.2, 0.25) is 0 Å². The van der Waals surface area contributed by atoms with Gasteiger partial charge in [-0.05, 0) is 30.7 Å². The Labute approximate surface area is 116 Å². The number of halogens is 2. The molecule has 0 aromatic heterocycles. The van der Waals surface area contributed by atoms with Gasteiger partial charge < -0.3 is 14.8 Å². The summed E-state index contributed by atoms with van der Waals surface area (Å²) in [5, 5.41) is 4.06. The van der Waals surface area contributed by atoms with Gasteiger partial charge in [0.1, 0.15) is 0 Å². The molecule has 0 bridgehead atoms. The van der Waals surface area contributed by atoms with Crippen molar-refractivity contribution in [2.75, 3.05) is 14.2 Å². The van der Waals surface area contributed by atoms with E-state index in [0.29, 0.717) is 6.54 Å². The molecule has 1 rings (SSSR count). The van der Waals surface area contributed by atoms with E-state index < -0.39 is 0 Å². The van der Waals surface area contributed by atoms with Crippen LogP contribution in [0.1, 0.15) is 12.5 Å². The molecule has 1 atom stereocenters. The zero-order chi connectivity index (χ0) is 12.8. The fourth-order valence-electron chi connectivity index (χ4n) is 1.55. The summed E-state index contributed by atoms with van der Waals surface area (Å²) < 4.78 is 11.4. The molecule has 1 N–H and O–H groups in total. The van der Waals surface area contributed by atoms with Gasteiger partial charge in [0.25, 0.3) is 0 Å². The molecule has 1 aromatic rings. The minimum absolute atomic E-state index is 0.0934. The van der Waals surface area contributed by atoms with Gasteiger partial charge in [0, 0.05) is 30.3 Å². The quantitative estimate of drug-likeness (QED) is 0.816. The molecule has 0 saturated carbocycles. The second-order valence-corrected chi connectivity index (χ2v) is 5.04. The number of hydrogen-bond acceptors (Lipinski definition) is 3. The molecule has 1 unspecified atom stereocenters. The van der Waals surface area contributed by atoms with Crippen LogP contribution in [0.2, 0.25) is 5.02 Å². The normalized spacial score (nSPS) is 13.1. The third kappa shape index (κ3) is 4.56. The van der Waals surface area contributed by atoms with Crippen molar-refractivity contribution in [2.24, 2.45) is 0 Å². The Kier molecular flexibility index (Phi) is 6.44. The molecule has 0 radical (unpaired) electrons. The van der Waals surface area contributed by atoms with Crippen molar-refractivity contribution in [2.45, 2.75) is 25.8 Å². The maximum Gasteiger partial charge on any atom is 0.171 e. The summed E-state index contributed by atoms with van der Waals surface area (Å²) in [5.41, 5.74) is 1.11. The Morgan fingerprint density at radius 1 is 1.35 bits per heavy atom. The van der Waals surface area contributed by atoms with Crippen LogP contribution in [0.3, 0.4) is 0 Å². The number of benzene rings is 1. The minimum atomic E-state index is -0.257. The molecule has 5 heteroatoms. The van der Waals surface area contributed by atoms with Crippen LogP contribution < -0.4 is 5.32 Å². The highest BCUT2D eigenvalue weighted by Gasteiger charge is 2.15. The fraction of sp³-hybridized carbons (Fsp3) is 0.500. The van der Waals surface area contributed by atoms with E-state index in [2.05, 4.69) is 21.2 Å². The smallest absolute Gasteiger partial charge is 0.171 e. The molecule has 0 amide bonds. The van der Waals surface area contributed by atoms with E-state index in [4.69, 9.17) is 21.1 Å². The average Bonchev–Trinajstić information content (AvgIpc) is 2.32. The van der Waals surface area contributed by atoms with Crippen molar-refractivity contribution < 1.29 is 9.47 Å². The van der Waals surface area contributed by atoms with E-state index in [9.17, 15) is 0 Å². The number of rotatable bonds is 6. The molecule has 0 aliphatic carbocycles. The molecule has 1 aromatic carbocycles. The van der Waals surface area contributed by atoms with Crippen LogP contribution in [0.5, 0.6) is 0 Å². The number of ether oxygens (including phenoxy) is 2. The maximum absolute atomic E-state index is 5.95. The second kappa shape index (κ2) is 7.34. The Hall–Kier alpha value is -0.130. The third-order valence-electron chi connectivity index (χ3n) is 2.50. The highest BCUT2D eigenvalue weighted by molar-refractivity contribution is 9.10. The van der Waals surface area contributed by atoms with Crippen molar-refractivity contribution in [1.82, 2.24) is 5.32 Å². The standard InChI is InChI=1S/C12H17BrClNO2/c1-8(12(16-2)17-3)15-7-9-6-10(14)4-5-11(9)13/h4-6,8,12,15H,7H2,1-3H3. The van der Waals surface area contributed by atoms with Crippen molar-refractivity contribution in [3.8, 4) is 0 Å². The molecule has 0 heterocycles. The lowest BCUT2D eigenvalue weighted by molar-refractivity contribution is -0.119. The van der Waals surface area contributed by atoms with Gasteiger partial charge in [0.15, 0.2) is 6.29 Å². The van der Waals surface area contributed by atoms with E-state index in [0.717, 1.165) is 15.1 Å². The number of hydrogen-bond donors (Lipinski definition) is 1. The summed E-state index contributed by atoms with van der Waals surface area (Å²) in [6.07, 6.45) is -0.257. The van der Waals surface area contributed by atoms with Crippen LogP contribution in [0.4, 0.5) is 0 Å². The fourth-order valence-corrected chi connectivity index (χ4v) is 2.13. The topological polar surface area (TPSA) is 30.5 Å². The zero-order valence-corrected chi connectivity index (χ0v) is 12.5. The molecule has 0 aliphatic rings. The molecule has 0 fully saturated rings. The van der Waals surface area contributed by atoms with Crippen LogP contribution in [-0.4, -0.2) is 26.6 Å². The molecule has 17 heavy (non-hydrogen) atoms. The van der Waals surface area contributed by atoms with Crippen LogP contribution in [-0.2, 0) is 16.0 Å². The van der Waals surface area contributed by atoms with Gasteiger partial charge in [-0.3, -0.25) is 0 Å². The molecule has 0 saturated heterocycles. The summed E-state index contributed by atoms with van der Waals surface area (Å²) in [4.78, 5) is 0. The Morgan fingerprint density at radius 2 is 2.00 bits per heavy atom. The number of methoxy groups -OCH3 is 2. The monoisotopic (exact) mass is 321 g/mol. The van der Waals surface area contributed by atoms with Crippen LogP contribution in [0.15, 0.2) is 22.7 Å². The second-order valence-electron chi connectivity index (χ2n) is 3.75. The summed E-state index contributed by atoms with van der Waals surface area (Å²) in [5.74, 6) is 0. The molecular formula is C12H17BrClNO2. The van der Waals surface area contributed by atoms with Crippen molar-refractivity contribution in [3.63, 3.8) is 0 Å². The van der Waals surface area contributed by atoms with Crippen molar-refractivity contribution in [1.29, 1.82) is 0 Å². The van der Waals surface area contributed by atoms with Gasteiger partial charge in [-0.2, -0.15) is 0 Å². The van der Waals surface area contributed by atoms with E-state index in [1.165, 1.54) is 0 Å². The Bertz CT molecular complexity index is 358. The van der Waals surface area contributed by atoms with E-state index >= 15 is 0 Å². The Morgan fingerprint density at radius 3 is 2.59 bits per heavy atom. The third-order valence-corrected chi connectivity index (χ3v) is 3.50. The first kappa shape index (κ1) is 14.9. The molecular weight excluding hydrogens is 305 g/mol. The van der Waals surface area contributed by atoms with Crippen molar-refractivity contribution >= 4 is 27.5 Å². The van der Waals surface area contributed by atoms with Gasteiger partial charge in [-0.25, -0.2) is 0 Å². The van der Waals surface area contributed by atoms with Gasteiger partial charge >= 0.3 is 0 Å². The predicted octanol–water partition coefficient (Wildman–Crippen LogP) is 3.20. The minimum Gasteiger partial charge on any atom is -0.354 e. The van der Waals surface area contributed by atoms with Crippen molar-refractivity contribution in [3.05, 3.63) is 33.3 Å². The summed E-state index contributed by atoms with van der Waals surface area (Å²) in [7, 11) is 3.25. The molecule has 0 aliphatic heterocycles. The summed E-state index contributed by atoms with van der Waals surface area (Å²) >= 11 is 9.44. The lowest BCUT2D eigenvalue weighted by atomic mass is 10.2. The van der Waals surface area contributed by atoms with E-state index in [1.807, 2.05) is 25.1 Å². The summed E-state index contributed by atoms with van der Waals surface area (Å²) in [6, 6.07) is 5.82. The average molecular weight is 323 g/mol. The highest BCUT2D eigenvalue weighted by Crippen LogP contribution is 2.21. The molecule has 96 valence electrons. The molecule has 3 nitrogen and oxygen atoms in total. The van der Waals surface area contributed by atoms with Gasteiger partial charge in [-0.1, -0.05) is 27.5 Å². The molecule has 0 spiro atoms. The van der Waals surface area contributed by atoms with Crippen LogP contribution in [0.25, 0.3) is 0 Å². The Balaban J connectivity index is 2.57. The summed E-state index contributed by atoms with van der Waals surface area (Å²) in [6.45, 7) is 2.71. The SMILES string of the molecule is COC(OC)C(C)NCc1cc(Cl)ccc1Br. The van der Waals surface area contributed by atoms with Gasteiger partial charge in [0.05, 0.1) is 6.04 Å². The highest BCUT2D eigenvalue weighted by atomic mass is 79.9. The first-order chi connectivity index (χ1) is 8.08. The van der Waals surface area contributed by atoms with E-state index in [1.54, 1.807) is 14.2 Å². The van der Waals surface area contributed by atoms with Crippen LogP contribution >= 0.6 is 27.5 Å².